The molecule has 0 aliphatic carbocycles. The fourth-order valence-corrected chi connectivity index (χ4v) is 2.33. The maximum atomic E-state index is 11.1. The quantitative estimate of drug-likeness (QED) is 0.608. The summed E-state index contributed by atoms with van der Waals surface area (Å²) in [6, 6.07) is 10.2. The first-order valence-electron chi connectivity index (χ1n) is 6.23. The molecule has 2 nitrogen and oxygen atoms in total. The Kier molecular flexibility index (Phi) is 3.70. The van der Waals surface area contributed by atoms with E-state index in [2.05, 4.69) is 53.7 Å². The van der Waals surface area contributed by atoms with Gasteiger partial charge in [-0.3, -0.25) is 0 Å². The molecule has 0 aliphatic heterocycles. The Hall–Kier alpha value is -0.860. The summed E-state index contributed by atoms with van der Waals surface area (Å²) in [6.45, 7) is 13.1. The van der Waals surface area contributed by atoms with E-state index in [9.17, 15) is 5.21 Å². The minimum Gasteiger partial charge on any atom is -0.216 e. The second-order valence-electron chi connectivity index (χ2n) is 6.75. The third-order valence-corrected chi connectivity index (χ3v) is 3.47. The highest BCUT2D eigenvalue weighted by Crippen LogP contribution is 2.35. The highest BCUT2D eigenvalue weighted by atomic mass is 16.6. The van der Waals surface area contributed by atoms with Gasteiger partial charge < -0.3 is 0 Å². The molecule has 0 unspecified atom stereocenters. The van der Waals surface area contributed by atoms with Crippen LogP contribution in [-0.2, 0) is 6.54 Å². The van der Waals surface area contributed by atoms with Gasteiger partial charge in [-0.1, -0.05) is 30.3 Å². The van der Waals surface area contributed by atoms with Gasteiger partial charge >= 0.3 is 0 Å². The molecule has 0 aromatic heterocycles. The van der Waals surface area contributed by atoms with E-state index in [1.165, 1.54) is 5.56 Å². The molecule has 0 bridgehead atoms. The van der Waals surface area contributed by atoms with Crippen molar-refractivity contribution >= 4 is 0 Å². The number of quaternary nitrogens is 1. The molecule has 0 heterocycles. The fourth-order valence-electron chi connectivity index (χ4n) is 2.33. The van der Waals surface area contributed by atoms with Crippen LogP contribution in [0.25, 0.3) is 0 Å². The van der Waals surface area contributed by atoms with Crippen LogP contribution in [-0.4, -0.2) is 20.9 Å². The Morgan fingerprint density at radius 2 is 1.29 bits per heavy atom. The minimum absolute atomic E-state index is 0.0318. The van der Waals surface area contributed by atoms with Crippen LogP contribution in [0.4, 0.5) is 0 Å². The first-order valence-corrected chi connectivity index (χ1v) is 6.23. The largest absolute Gasteiger partial charge is 0.216 e. The van der Waals surface area contributed by atoms with Crippen LogP contribution in [0.1, 0.15) is 47.1 Å². The Balaban J connectivity index is 3.11. The number of nitrogens with zero attached hydrogens (tertiary/aromatic N) is 1. The number of hydrogen-bond donors (Lipinski definition) is 1. The Morgan fingerprint density at radius 1 is 0.882 bits per heavy atom. The van der Waals surface area contributed by atoms with Crippen molar-refractivity contribution in [1.82, 2.24) is 0 Å². The number of hydroxylamine groups is 3. The molecule has 1 aromatic carbocycles. The first kappa shape index (κ1) is 14.2. The highest BCUT2D eigenvalue weighted by molar-refractivity contribution is 5.13. The van der Waals surface area contributed by atoms with Crippen LogP contribution >= 0.6 is 0 Å². The van der Waals surface area contributed by atoms with Gasteiger partial charge in [0, 0.05) is 5.56 Å². The summed E-state index contributed by atoms with van der Waals surface area (Å²) < 4.78 is 0.0318. The third-order valence-electron chi connectivity index (χ3n) is 3.47. The molecule has 96 valence electrons. The lowest BCUT2D eigenvalue weighted by atomic mass is 9.93. The van der Waals surface area contributed by atoms with Gasteiger partial charge in [0.05, 0.1) is 0 Å². The van der Waals surface area contributed by atoms with Crippen LogP contribution in [0.2, 0.25) is 0 Å². The maximum absolute atomic E-state index is 11.1. The minimum atomic E-state index is -0.214. The lowest BCUT2D eigenvalue weighted by molar-refractivity contribution is -1.18. The number of benzene rings is 1. The van der Waals surface area contributed by atoms with E-state index in [1.807, 2.05) is 18.2 Å². The van der Waals surface area contributed by atoms with E-state index in [4.69, 9.17) is 0 Å². The van der Waals surface area contributed by atoms with Crippen molar-refractivity contribution in [2.45, 2.75) is 59.2 Å². The summed E-state index contributed by atoms with van der Waals surface area (Å²) >= 11 is 0. The second-order valence-corrected chi connectivity index (χ2v) is 6.75. The summed E-state index contributed by atoms with van der Waals surface area (Å²) in [5, 5.41) is 11.1. The zero-order valence-electron chi connectivity index (χ0n) is 12.0. The zero-order valence-corrected chi connectivity index (χ0v) is 12.0. The molecule has 17 heavy (non-hydrogen) atoms. The first-order chi connectivity index (χ1) is 7.58. The molecule has 2 heteroatoms. The van der Waals surface area contributed by atoms with Gasteiger partial charge in [-0.2, -0.15) is 4.65 Å². The molecule has 0 spiro atoms. The molecular formula is C15H26NO+. The van der Waals surface area contributed by atoms with Crippen molar-refractivity contribution in [2.24, 2.45) is 0 Å². The van der Waals surface area contributed by atoms with Crippen molar-refractivity contribution in [2.75, 3.05) is 0 Å². The van der Waals surface area contributed by atoms with Gasteiger partial charge in [-0.15, -0.1) is 0 Å². The normalized spacial score (nSPS) is 13.8. The zero-order chi connectivity index (χ0) is 13.3. The van der Waals surface area contributed by atoms with E-state index < -0.39 is 0 Å². The summed E-state index contributed by atoms with van der Waals surface area (Å²) in [7, 11) is 0. The van der Waals surface area contributed by atoms with Gasteiger partial charge in [0.1, 0.15) is 17.6 Å². The van der Waals surface area contributed by atoms with Crippen molar-refractivity contribution in [3.8, 4) is 0 Å². The Morgan fingerprint density at radius 3 is 1.65 bits per heavy atom. The smallest absolute Gasteiger partial charge is 0.135 e. The van der Waals surface area contributed by atoms with Crippen LogP contribution in [0.15, 0.2) is 30.3 Å². The molecule has 0 saturated heterocycles. The molecule has 0 fully saturated rings. The monoisotopic (exact) mass is 236 g/mol. The molecule has 0 aliphatic rings. The molecule has 1 N–H and O–H groups in total. The fraction of sp³-hybridized carbons (Fsp3) is 0.600. The van der Waals surface area contributed by atoms with Crippen molar-refractivity contribution in [3.05, 3.63) is 35.9 Å². The predicted molar refractivity (Wildman–Crippen MR) is 71.7 cm³/mol. The molecule has 1 rings (SSSR count). The van der Waals surface area contributed by atoms with E-state index in [0.717, 1.165) is 0 Å². The topological polar surface area (TPSA) is 20.2 Å². The molecule has 0 amide bonds. The van der Waals surface area contributed by atoms with E-state index in [-0.39, 0.29) is 15.7 Å². The van der Waals surface area contributed by atoms with Crippen LogP contribution in [0.5, 0.6) is 0 Å². The number of hydrogen-bond acceptors (Lipinski definition) is 1. The van der Waals surface area contributed by atoms with Crippen molar-refractivity contribution in [3.63, 3.8) is 0 Å². The molecule has 0 radical (unpaired) electrons. The van der Waals surface area contributed by atoms with Gasteiger partial charge in [0.15, 0.2) is 0 Å². The summed E-state index contributed by atoms with van der Waals surface area (Å²) in [5.41, 5.74) is 0.738. The van der Waals surface area contributed by atoms with Crippen LogP contribution < -0.4 is 0 Å². The Bertz CT molecular complexity index is 343. The van der Waals surface area contributed by atoms with Gasteiger partial charge in [0.2, 0.25) is 0 Å². The lowest BCUT2D eigenvalue weighted by Gasteiger charge is -2.50. The van der Waals surface area contributed by atoms with Gasteiger partial charge in [-0.05, 0) is 41.5 Å². The van der Waals surface area contributed by atoms with Crippen LogP contribution in [0, 0.1) is 0 Å². The third kappa shape index (κ3) is 2.88. The van der Waals surface area contributed by atoms with E-state index >= 15 is 0 Å². The summed E-state index contributed by atoms with van der Waals surface area (Å²) in [5.74, 6) is 0. The summed E-state index contributed by atoms with van der Waals surface area (Å²) in [6.07, 6.45) is 0. The van der Waals surface area contributed by atoms with E-state index in [1.54, 1.807) is 0 Å². The second kappa shape index (κ2) is 4.43. The SMILES string of the molecule is CC(C)(C)[N+](O)(Cc1ccccc1)C(C)(C)C. The van der Waals surface area contributed by atoms with Crippen molar-refractivity contribution in [1.29, 1.82) is 0 Å². The predicted octanol–water partition coefficient (Wildman–Crippen LogP) is 3.99. The molecule has 0 saturated carbocycles. The highest BCUT2D eigenvalue weighted by Gasteiger charge is 2.49. The van der Waals surface area contributed by atoms with E-state index in [0.29, 0.717) is 6.54 Å². The average Bonchev–Trinajstić information content (AvgIpc) is 2.15. The van der Waals surface area contributed by atoms with Crippen molar-refractivity contribution < 1.29 is 9.85 Å². The average molecular weight is 236 g/mol. The molecule has 1 aromatic rings. The maximum Gasteiger partial charge on any atom is 0.135 e. The molecule has 0 atom stereocenters. The summed E-state index contributed by atoms with van der Waals surface area (Å²) in [4.78, 5) is 0. The van der Waals surface area contributed by atoms with Gasteiger partial charge in [0.25, 0.3) is 0 Å². The lowest BCUT2D eigenvalue weighted by Crippen LogP contribution is -2.66. The Labute approximate surface area is 105 Å². The molecular weight excluding hydrogens is 210 g/mol. The van der Waals surface area contributed by atoms with Gasteiger partial charge in [-0.25, -0.2) is 5.21 Å². The number of rotatable bonds is 2. The standard InChI is InChI=1S/C15H26NO/c1-14(2,3)16(17,15(4,5)6)12-13-10-8-7-9-11-13/h7-11,17H,12H2,1-6H3/q+1. The van der Waals surface area contributed by atoms with Crippen LogP contribution in [0.3, 0.4) is 0 Å².